The molecule has 6 heteroatoms. The van der Waals surface area contributed by atoms with E-state index in [1.807, 2.05) is 4.90 Å². The van der Waals surface area contributed by atoms with Gasteiger partial charge < -0.3 is 15.5 Å². The second kappa shape index (κ2) is 6.48. The van der Waals surface area contributed by atoms with Gasteiger partial charge in [0.2, 0.25) is 5.91 Å². The fourth-order valence-corrected chi connectivity index (χ4v) is 4.81. The van der Waals surface area contributed by atoms with Gasteiger partial charge in [-0.15, -0.1) is 0 Å². The van der Waals surface area contributed by atoms with Crippen molar-refractivity contribution in [3.8, 4) is 0 Å². The van der Waals surface area contributed by atoms with E-state index in [0.29, 0.717) is 12.1 Å². The molecule has 4 heterocycles. The number of hydrogen-bond acceptors (Lipinski definition) is 4. The molecule has 3 aliphatic heterocycles. The molecular weight excluding hydrogens is 302 g/mol. The van der Waals surface area contributed by atoms with Gasteiger partial charge in [0.1, 0.15) is 0 Å². The predicted molar refractivity (Wildman–Crippen MR) is 92.8 cm³/mol. The molecule has 3 unspecified atom stereocenters. The summed E-state index contributed by atoms with van der Waals surface area (Å²) >= 11 is 0. The van der Waals surface area contributed by atoms with E-state index in [1.54, 1.807) is 6.92 Å². The first-order valence-electron chi connectivity index (χ1n) is 9.36. The van der Waals surface area contributed by atoms with Crippen molar-refractivity contribution in [3.63, 3.8) is 0 Å². The molecule has 0 radical (unpaired) electrons. The topological polar surface area (TPSA) is 62.2 Å². The Morgan fingerprint density at radius 3 is 2.83 bits per heavy atom. The highest BCUT2D eigenvalue weighted by molar-refractivity contribution is 5.73. The number of piperidine rings is 1. The van der Waals surface area contributed by atoms with E-state index in [-0.39, 0.29) is 5.91 Å². The van der Waals surface area contributed by atoms with Crippen LogP contribution in [0.3, 0.4) is 0 Å². The summed E-state index contributed by atoms with van der Waals surface area (Å²) in [6, 6.07) is 3.26. The van der Waals surface area contributed by atoms with E-state index < -0.39 is 0 Å². The number of hydrogen-bond donors (Lipinski definition) is 2. The van der Waals surface area contributed by atoms with Crippen molar-refractivity contribution in [2.45, 2.75) is 45.2 Å². The monoisotopic (exact) mass is 331 g/mol. The van der Waals surface area contributed by atoms with E-state index in [4.69, 9.17) is 5.10 Å². The van der Waals surface area contributed by atoms with Crippen LogP contribution in [-0.4, -0.2) is 59.4 Å². The van der Waals surface area contributed by atoms with Crippen LogP contribution < -0.4 is 10.6 Å². The van der Waals surface area contributed by atoms with Crippen molar-refractivity contribution >= 4 is 5.91 Å². The molecule has 24 heavy (non-hydrogen) atoms. The van der Waals surface area contributed by atoms with E-state index in [2.05, 4.69) is 28.3 Å². The average Bonchev–Trinajstić information content (AvgIpc) is 3.25. The van der Waals surface area contributed by atoms with Gasteiger partial charge in [0, 0.05) is 38.2 Å². The number of aryl methyl sites for hydroxylation is 1. The Balaban J connectivity index is 1.46. The fraction of sp³-hybridized carbons (Fsp3) is 0.778. The summed E-state index contributed by atoms with van der Waals surface area (Å²) in [6.45, 7) is 8.92. The van der Waals surface area contributed by atoms with Crippen LogP contribution in [0, 0.1) is 18.8 Å². The second-order valence-electron chi connectivity index (χ2n) is 7.76. The van der Waals surface area contributed by atoms with Crippen molar-refractivity contribution in [2.24, 2.45) is 11.8 Å². The van der Waals surface area contributed by atoms with Gasteiger partial charge in [-0.1, -0.05) is 0 Å². The molecule has 0 bridgehead atoms. The Labute approximate surface area is 144 Å². The molecular formula is C18H29N5O. The first-order valence-corrected chi connectivity index (χ1v) is 9.36. The molecule has 132 valence electrons. The molecule has 1 aromatic rings. The molecule has 1 aromatic heterocycles. The van der Waals surface area contributed by atoms with Gasteiger partial charge in [-0.05, 0) is 57.3 Å². The summed E-state index contributed by atoms with van der Waals surface area (Å²) in [7, 11) is 0. The Morgan fingerprint density at radius 1 is 1.29 bits per heavy atom. The number of carbonyl (C=O) groups excluding carboxylic acids is 1. The summed E-state index contributed by atoms with van der Waals surface area (Å²) in [5.74, 6) is 1.75. The molecule has 3 aliphatic rings. The van der Waals surface area contributed by atoms with E-state index in [9.17, 15) is 4.79 Å². The predicted octanol–water partition coefficient (Wildman–Crippen LogP) is 0.725. The standard InChI is InChI=1S/C18H29N5O/c1-12-7-16(8-18-17-11-19-9-14(17)10-20-18)23(21-12)15-3-5-22(6-4-15)13(2)24/h7,14-15,17-20H,3-6,8-11H2,1-2H3. The van der Waals surface area contributed by atoms with Gasteiger partial charge in [0.25, 0.3) is 0 Å². The number of aromatic nitrogens is 2. The van der Waals surface area contributed by atoms with Crippen LogP contribution in [0.4, 0.5) is 0 Å². The fourth-order valence-electron chi connectivity index (χ4n) is 4.81. The quantitative estimate of drug-likeness (QED) is 0.857. The van der Waals surface area contributed by atoms with E-state index in [0.717, 1.165) is 69.5 Å². The minimum atomic E-state index is 0.195. The molecule has 3 fully saturated rings. The summed E-state index contributed by atoms with van der Waals surface area (Å²) in [6.07, 6.45) is 3.09. The first-order chi connectivity index (χ1) is 11.6. The minimum Gasteiger partial charge on any atom is -0.343 e. The molecule has 4 rings (SSSR count). The number of amides is 1. The summed E-state index contributed by atoms with van der Waals surface area (Å²) in [5, 5.41) is 12.1. The van der Waals surface area contributed by atoms with Crippen LogP contribution in [0.15, 0.2) is 6.07 Å². The van der Waals surface area contributed by atoms with Crippen LogP contribution in [0.1, 0.15) is 37.2 Å². The third-order valence-electron chi connectivity index (χ3n) is 6.17. The highest BCUT2D eigenvalue weighted by Crippen LogP contribution is 2.30. The smallest absolute Gasteiger partial charge is 0.219 e. The second-order valence-corrected chi connectivity index (χ2v) is 7.76. The molecule has 6 nitrogen and oxygen atoms in total. The maximum absolute atomic E-state index is 11.5. The zero-order valence-corrected chi connectivity index (χ0v) is 14.8. The number of nitrogens with one attached hydrogen (secondary N) is 2. The van der Waals surface area contributed by atoms with Gasteiger partial charge in [-0.3, -0.25) is 9.48 Å². The molecule has 0 saturated carbocycles. The lowest BCUT2D eigenvalue weighted by Gasteiger charge is -2.32. The lowest BCUT2D eigenvalue weighted by molar-refractivity contribution is -0.130. The van der Waals surface area contributed by atoms with E-state index >= 15 is 0 Å². The lowest BCUT2D eigenvalue weighted by atomic mass is 9.91. The Kier molecular flexibility index (Phi) is 4.35. The lowest BCUT2D eigenvalue weighted by Crippen LogP contribution is -2.39. The van der Waals surface area contributed by atoms with Crippen molar-refractivity contribution in [2.75, 3.05) is 32.7 Å². The Hall–Kier alpha value is -1.40. The summed E-state index contributed by atoms with van der Waals surface area (Å²) in [5.41, 5.74) is 2.47. The van der Waals surface area contributed by atoms with Crippen LogP contribution in [0.2, 0.25) is 0 Å². The summed E-state index contributed by atoms with van der Waals surface area (Å²) < 4.78 is 2.27. The van der Waals surface area contributed by atoms with Crippen molar-refractivity contribution in [3.05, 3.63) is 17.5 Å². The zero-order valence-electron chi connectivity index (χ0n) is 14.8. The molecule has 0 spiro atoms. The van der Waals surface area contributed by atoms with Crippen LogP contribution >= 0.6 is 0 Å². The maximum Gasteiger partial charge on any atom is 0.219 e. The van der Waals surface area contributed by atoms with Crippen molar-refractivity contribution in [1.82, 2.24) is 25.3 Å². The van der Waals surface area contributed by atoms with Gasteiger partial charge in [0.15, 0.2) is 0 Å². The normalized spacial score (nSPS) is 30.8. The maximum atomic E-state index is 11.5. The highest BCUT2D eigenvalue weighted by atomic mass is 16.2. The third-order valence-corrected chi connectivity index (χ3v) is 6.17. The largest absolute Gasteiger partial charge is 0.343 e. The number of likely N-dealkylation sites (tertiary alicyclic amines) is 1. The van der Waals surface area contributed by atoms with Crippen molar-refractivity contribution in [1.29, 1.82) is 0 Å². The van der Waals surface area contributed by atoms with Gasteiger partial charge in [0.05, 0.1) is 11.7 Å². The average molecular weight is 331 g/mol. The Bertz CT molecular complexity index is 605. The number of rotatable bonds is 3. The highest BCUT2D eigenvalue weighted by Gasteiger charge is 2.39. The zero-order chi connectivity index (χ0) is 16.7. The van der Waals surface area contributed by atoms with Crippen molar-refractivity contribution < 1.29 is 4.79 Å². The Morgan fingerprint density at radius 2 is 2.08 bits per heavy atom. The SMILES string of the molecule is CC(=O)N1CCC(n2nc(C)cc2CC2NCC3CNCC32)CC1. The molecule has 0 aromatic carbocycles. The number of carbonyl (C=O) groups is 1. The van der Waals surface area contributed by atoms with Gasteiger partial charge >= 0.3 is 0 Å². The third kappa shape index (κ3) is 2.97. The van der Waals surface area contributed by atoms with Crippen LogP contribution in [0.25, 0.3) is 0 Å². The molecule has 3 atom stereocenters. The molecule has 0 aliphatic carbocycles. The molecule has 1 amide bonds. The van der Waals surface area contributed by atoms with E-state index in [1.165, 1.54) is 5.69 Å². The number of nitrogens with zero attached hydrogens (tertiary/aromatic N) is 3. The molecule has 2 N–H and O–H groups in total. The minimum absolute atomic E-state index is 0.195. The number of fused-ring (bicyclic) bond motifs is 1. The summed E-state index contributed by atoms with van der Waals surface area (Å²) in [4.78, 5) is 13.5. The van der Waals surface area contributed by atoms with Crippen LogP contribution in [-0.2, 0) is 11.2 Å². The van der Waals surface area contributed by atoms with Gasteiger partial charge in [-0.2, -0.15) is 5.10 Å². The first kappa shape index (κ1) is 16.1. The molecule has 3 saturated heterocycles. The van der Waals surface area contributed by atoms with Crippen LogP contribution in [0.5, 0.6) is 0 Å². The van der Waals surface area contributed by atoms with Gasteiger partial charge in [-0.25, -0.2) is 0 Å².